The van der Waals surface area contributed by atoms with Gasteiger partial charge in [-0.2, -0.15) is 0 Å². The highest BCUT2D eigenvalue weighted by Gasteiger charge is 2.63. The zero-order chi connectivity index (χ0) is 20.4. The molecule has 156 valence electrons. The molecule has 3 N–H and O–H groups in total. The monoisotopic (exact) mass is 392 g/mol. The van der Waals surface area contributed by atoms with E-state index in [1.165, 1.54) is 23.9 Å². The largest absolute Gasteiger partial charge is 0.378 e. The Hall–Kier alpha value is -2.00. The summed E-state index contributed by atoms with van der Waals surface area (Å²) in [5.74, 6) is -0.140. The second kappa shape index (κ2) is 8.16. The summed E-state index contributed by atoms with van der Waals surface area (Å²) in [5.41, 5.74) is 4.85. The van der Waals surface area contributed by atoms with E-state index in [9.17, 15) is 9.59 Å². The molecule has 0 spiro atoms. The molecule has 0 aromatic carbocycles. The summed E-state index contributed by atoms with van der Waals surface area (Å²) in [7, 11) is 0. The van der Waals surface area contributed by atoms with Crippen LogP contribution in [0.4, 0.5) is 5.95 Å². The number of ether oxygens (including phenoxy) is 1. The van der Waals surface area contributed by atoms with Gasteiger partial charge < -0.3 is 15.4 Å². The van der Waals surface area contributed by atoms with Gasteiger partial charge in [-0.1, -0.05) is 26.7 Å². The molecule has 9 nitrogen and oxygen atoms in total. The number of likely N-dealkylation sites (tertiary alicyclic amines) is 1. The number of amides is 2. The Morgan fingerprint density at radius 2 is 1.96 bits per heavy atom. The van der Waals surface area contributed by atoms with Crippen LogP contribution in [0.1, 0.15) is 52.9 Å². The minimum Gasteiger partial charge on any atom is -0.378 e. The van der Waals surface area contributed by atoms with Crippen molar-refractivity contribution in [1.29, 1.82) is 0 Å². The Labute approximate surface area is 166 Å². The molecule has 2 aliphatic rings. The van der Waals surface area contributed by atoms with Crippen molar-refractivity contribution in [3.8, 4) is 0 Å². The van der Waals surface area contributed by atoms with Gasteiger partial charge in [0.15, 0.2) is 0 Å². The standard InChI is InChI=1S/C19H32N6O3/c1-4-28-14-11-19(20,18(14,2)3)16(27)22-17-21-13-25(23-17)12-15(26)24-9-7-5-6-8-10-24/h13-14H,4-12,20H2,1-3H3,(H,22,23,27). The SMILES string of the molecule is CCOC1CC(N)(C(=O)Nc2ncn(CC(=O)N3CCCCCC3)n2)C1(C)C. The smallest absolute Gasteiger partial charge is 0.248 e. The van der Waals surface area contributed by atoms with E-state index in [2.05, 4.69) is 15.4 Å². The van der Waals surface area contributed by atoms with Crippen LogP contribution >= 0.6 is 0 Å². The van der Waals surface area contributed by atoms with Crippen LogP contribution in [-0.4, -0.2) is 62.8 Å². The number of carbonyl (C=O) groups excluding carboxylic acids is 2. The maximum absolute atomic E-state index is 12.7. The van der Waals surface area contributed by atoms with Gasteiger partial charge >= 0.3 is 0 Å². The molecular weight excluding hydrogens is 360 g/mol. The minimum absolute atomic E-state index is 0.0275. The summed E-state index contributed by atoms with van der Waals surface area (Å²) < 4.78 is 7.13. The highest BCUT2D eigenvalue weighted by Crippen LogP contribution is 2.50. The number of nitrogens with one attached hydrogen (secondary N) is 1. The number of nitrogens with zero attached hydrogens (tertiary/aromatic N) is 4. The molecule has 2 fully saturated rings. The van der Waals surface area contributed by atoms with Gasteiger partial charge in [0.2, 0.25) is 17.8 Å². The number of hydrogen-bond donors (Lipinski definition) is 2. The first-order valence-electron chi connectivity index (χ1n) is 10.2. The molecule has 1 aromatic rings. The lowest BCUT2D eigenvalue weighted by Crippen LogP contribution is -2.74. The number of nitrogens with two attached hydrogens (primary N) is 1. The number of hydrogen-bond acceptors (Lipinski definition) is 6. The van der Waals surface area contributed by atoms with E-state index in [1.807, 2.05) is 25.7 Å². The molecule has 1 aromatic heterocycles. The Kier molecular flexibility index (Phi) is 6.04. The summed E-state index contributed by atoms with van der Waals surface area (Å²) in [6, 6.07) is 0. The van der Waals surface area contributed by atoms with Crippen LogP contribution in [0.2, 0.25) is 0 Å². The van der Waals surface area contributed by atoms with E-state index in [0.29, 0.717) is 13.0 Å². The lowest BCUT2D eigenvalue weighted by atomic mass is 9.54. The van der Waals surface area contributed by atoms with Crippen molar-refractivity contribution in [2.45, 2.75) is 71.1 Å². The van der Waals surface area contributed by atoms with Crippen LogP contribution in [-0.2, 0) is 20.9 Å². The predicted octanol–water partition coefficient (Wildman–Crippen LogP) is 1.15. The van der Waals surface area contributed by atoms with Crippen LogP contribution in [0.15, 0.2) is 6.33 Å². The van der Waals surface area contributed by atoms with Gasteiger partial charge in [-0.3, -0.25) is 14.9 Å². The van der Waals surface area contributed by atoms with E-state index < -0.39 is 11.0 Å². The molecule has 2 heterocycles. The zero-order valence-corrected chi connectivity index (χ0v) is 17.1. The highest BCUT2D eigenvalue weighted by molar-refractivity contribution is 5.98. The quantitative estimate of drug-likeness (QED) is 0.750. The van der Waals surface area contributed by atoms with Gasteiger partial charge in [-0.05, 0) is 19.8 Å². The van der Waals surface area contributed by atoms with Crippen molar-refractivity contribution >= 4 is 17.8 Å². The van der Waals surface area contributed by atoms with E-state index in [4.69, 9.17) is 10.5 Å². The Morgan fingerprint density at radius 3 is 2.57 bits per heavy atom. The molecule has 28 heavy (non-hydrogen) atoms. The predicted molar refractivity (Wildman–Crippen MR) is 104 cm³/mol. The van der Waals surface area contributed by atoms with Crippen LogP contribution in [0, 0.1) is 5.41 Å². The summed E-state index contributed by atoms with van der Waals surface area (Å²) >= 11 is 0. The molecule has 1 aliphatic heterocycles. The highest BCUT2D eigenvalue weighted by atomic mass is 16.5. The molecule has 1 saturated heterocycles. The molecule has 0 bridgehead atoms. The fraction of sp³-hybridized carbons (Fsp3) is 0.789. The van der Waals surface area contributed by atoms with E-state index >= 15 is 0 Å². The topological polar surface area (TPSA) is 115 Å². The summed E-state index contributed by atoms with van der Waals surface area (Å²) in [4.78, 5) is 31.2. The van der Waals surface area contributed by atoms with Crippen LogP contribution in [0.5, 0.6) is 0 Å². The number of carbonyl (C=O) groups is 2. The first-order chi connectivity index (χ1) is 13.3. The first kappa shape index (κ1) is 20.7. The number of aromatic nitrogens is 3. The number of anilines is 1. The molecule has 9 heteroatoms. The maximum atomic E-state index is 12.7. The Morgan fingerprint density at radius 1 is 1.29 bits per heavy atom. The van der Waals surface area contributed by atoms with Crippen molar-refractivity contribution < 1.29 is 14.3 Å². The van der Waals surface area contributed by atoms with E-state index in [0.717, 1.165) is 25.9 Å². The fourth-order valence-electron chi connectivity index (χ4n) is 4.02. The molecule has 1 aliphatic carbocycles. The van der Waals surface area contributed by atoms with Gasteiger partial charge in [-0.15, -0.1) is 5.10 Å². The molecule has 3 rings (SSSR count). The van der Waals surface area contributed by atoms with Crippen molar-refractivity contribution in [1.82, 2.24) is 19.7 Å². The first-order valence-corrected chi connectivity index (χ1v) is 10.2. The third-order valence-corrected chi connectivity index (χ3v) is 6.25. The normalized spacial score (nSPS) is 27.0. The molecular formula is C19H32N6O3. The van der Waals surface area contributed by atoms with Crippen molar-refractivity contribution in [3.05, 3.63) is 6.33 Å². The van der Waals surface area contributed by atoms with Crippen molar-refractivity contribution in [2.24, 2.45) is 11.1 Å². The maximum Gasteiger partial charge on any atom is 0.248 e. The molecule has 2 unspecified atom stereocenters. The van der Waals surface area contributed by atoms with Crippen molar-refractivity contribution in [2.75, 3.05) is 25.0 Å². The zero-order valence-electron chi connectivity index (χ0n) is 17.1. The van der Waals surface area contributed by atoms with E-state index in [1.54, 1.807) is 0 Å². The van der Waals surface area contributed by atoms with Gasteiger partial charge in [0.25, 0.3) is 0 Å². The van der Waals surface area contributed by atoms with Gasteiger partial charge in [0, 0.05) is 31.5 Å². The molecule has 2 amide bonds. The third kappa shape index (κ3) is 3.91. The average molecular weight is 393 g/mol. The summed E-state index contributed by atoms with van der Waals surface area (Å²) in [6.07, 6.45) is 6.29. The van der Waals surface area contributed by atoms with Gasteiger partial charge in [0.1, 0.15) is 18.4 Å². The third-order valence-electron chi connectivity index (χ3n) is 6.25. The molecule has 0 radical (unpaired) electrons. The second-order valence-electron chi connectivity index (χ2n) is 8.36. The summed E-state index contributed by atoms with van der Waals surface area (Å²) in [6.45, 7) is 8.09. The number of rotatable bonds is 6. The lowest BCUT2D eigenvalue weighted by molar-refractivity contribution is -0.166. The van der Waals surface area contributed by atoms with Crippen LogP contribution < -0.4 is 11.1 Å². The van der Waals surface area contributed by atoms with Gasteiger partial charge in [0.05, 0.1) is 6.10 Å². The Bertz CT molecular complexity index is 710. The lowest BCUT2D eigenvalue weighted by Gasteiger charge is -2.57. The molecule has 2 atom stereocenters. The van der Waals surface area contributed by atoms with Crippen molar-refractivity contribution in [3.63, 3.8) is 0 Å². The average Bonchev–Trinajstić information content (AvgIpc) is 2.92. The second-order valence-corrected chi connectivity index (χ2v) is 8.36. The van der Waals surface area contributed by atoms with Crippen LogP contribution in [0.25, 0.3) is 0 Å². The summed E-state index contributed by atoms with van der Waals surface area (Å²) in [5, 5.41) is 6.92. The van der Waals surface area contributed by atoms with E-state index in [-0.39, 0.29) is 30.4 Å². The van der Waals surface area contributed by atoms with Crippen LogP contribution in [0.3, 0.4) is 0 Å². The molecule has 1 saturated carbocycles. The fourth-order valence-corrected chi connectivity index (χ4v) is 4.02. The Balaban J connectivity index is 1.57. The van der Waals surface area contributed by atoms with Gasteiger partial charge in [-0.25, -0.2) is 9.67 Å². The minimum atomic E-state index is -1.04.